The molecular formula is C15H17FN4. The predicted octanol–water partition coefficient (Wildman–Crippen LogP) is 2.34. The van der Waals surface area contributed by atoms with E-state index in [2.05, 4.69) is 16.5 Å². The van der Waals surface area contributed by atoms with Crippen molar-refractivity contribution in [3.63, 3.8) is 0 Å². The molecule has 0 spiro atoms. The van der Waals surface area contributed by atoms with E-state index in [9.17, 15) is 4.39 Å². The van der Waals surface area contributed by atoms with Crippen LogP contribution >= 0.6 is 0 Å². The summed E-state index contributed by atoms with van der Waals surface area (Å²) in [5.41, 5.74) is 4.40. The third-order valence-electron chi connectivity index (χ3n) is 3.46. The van der Waals surface area contributed by atoms with Crippen LogP contribution in [0.3, 0.4) is 0 Å². The molecule has 20 heavy (non-hydrogen) atoms. The Morgan fingerprint density at radius 1 is 1.35 bits per heavy atom. The first-order valence-electron chi connectivity index (χ1n) is 6.41. The lowest BCUT2D eigenvalue weighted by Gasteiger charge is -2.07. The molecule has 0 saturated heterocycles. The third kappa shape index (κ3) is 2.86. The van der Waals surface area contributed by atoms with E-state index in [1.54, 1.807) is 0 Å². The van der Waals surface area contributed by atoms with Gasteiger partial charge in [-0.25, -0.2) is 4.39 Å². The fourth-order valence-electron chi connectivity index (χ4n) is 2.21. The Hall–Kier alpha value is -2.19. The number of aryl methyl sites for hydroxylation is 2. The highest BCUT2D eigenvalue weighted by atomic mass is 19.1. The van der Waals surface area contributed by atoms with Crippen LogP contribution in [0.4, 0.5) is 4.39 Å². The smallest absolute Gasteiger partial charge is 0.123 e. The molecule has 0 amide bonds. The lowest BCUT2D eigenvalue weighted by Crippen LogP contribution is -2.15. The van der Waals surface area contributed by atoms with Gasteiger partial charge in [-0.05, 0) is 37.6 Å². The Labute approximate surface area is 117 Å². The number of hydrogen-bond donors (Lipinski definition) is 1. The van der Waals surface area contributed by atoms with E-state index < -0.39 is 0 Å². The van der Waals surface area contributed by atoms with Gasteiger partial charge in [0.1, 0.15) is 5.82 Å². The minimum Gasteiger partial charge on any atom is -0.308 e. The molecule has 5 heteroatoms. The van der Waals surface area contributed by atoms with Gasteiger partial charge in [0, 0.05) is 31.4 Å². The molecule has 104 valence electrons. The maximum atomic E-state index is 13.2. The second-order valence-electron chi connectivity index (χ2n) is 4.79. The van der Waals surface area contributed by atoms with Crippen LogP contribution in [-0.2, 0) is 20.1 Å². The quantitative estimate of drug-likeness (QED) is 0.929. The monoisotopic (exact) mass is 272 g/mol. The van der Waals surface area contributed by atoms with Crippen molar-refractivity contribution >= 4 is 0 Å². The van der Waals surface area contributed by atoms with Crippen LogP contribution in [0.25, 0.3) is 0 Å². The molecular weight excluding hydrogens is 255 g/mol. The molecule has 1 aromatic carbocycles. The standard InChI is InChI=1S/C15H17FN4/c1-10-15(11(2)20(3)19-10)9-18-8-13-6-14(16)5-4-12(13)7-17/h4-6,18H,8-9H2,1-3H3. The lowest BCUT2D eigenvalue weighted by molar-refractivity contribution is 0.619. The molecule has 2 aromatic rings. The van der Waals surface area contributed by atoms with Crippen LogP contribution in [-0.4, -0.2) is 9.78 Å². The highest BCUT2D eigenvalue weighted by Gasteiger charge is 2.09. The summed E-state index contributed by atoms with van der Waals surface area (Å²) in [6, 6.07) is 6.28. The van der Waals surface area contributed by atoms with Gasteiger partial charge in [0.05, 0.1) is 17.3 Å². The Morgan fingerprint density at radius 3 is 2.70 bits per heavy atom. The van der Waals surface area contributed by atoms with Gasteiger partial charge in [-0.15, -0.1) is 0 Å². The van der Waals surface area contributed by atoms with Crippen LogP contribution in [0.1, 0.15) is 28.1 Å². The van der Waals surface area contributed by atoms with E-state index >= 15 is 0 Å². The first-order chi connectivity index (χ1) is 9.52. The van der Waals surface area contributed by atoms with Gasteiger partial charge in [-0.1, -0.05) is 0 Å². The second kappa shape index (κ2) is 5.85. The molecule has 4 nitrogen and oxygen atoms in total. The van der Waals surface area contributed by atoms with Crippen molar-refractivity contribution in [3.8, 4) is 6.07 Å². The summed E-state index contributed by atoms with van der Waals surface area (Å²) in [6.07, 6.45) is 0. The third-order valence-corrected chi connectivity index (χ3v) is 3.46. The van der Waals surface area contributed by atoms with Gasteiger partial charge in [0.25, 0.3) is 0 Å². The summed E-state index contributed by atoms with van der Waals surface area (Å²) >= 11 is 0. The fraction of sp³-hybridized carbons (Fsp3) is 0.333. The van der Waals surface area contributed by atoms with Gasteiger partial charge < -0.3 is 5.32 Å². The summed E-state index contributed by atoms with van der Waals surface area (Å²) in [4.78, 5) is 0. The fourth-order valence-corrected chi connectivity index (χ4v) is 2.21. The van der Waals surface area contributed by atoms with E-state index in [-0.39, 0.29) is 5.82 Å². The molecule has 0 aliphatic carbocycles. The maximum absolute atomic E-state index is 13.2. The maximum Gasteiger partial charge on any atom is 0.123 e. The Bertz CT molecular complexity index is 667. The van der Waals surface area contributed by atoms with E-state index in [0.717, 1.165) is 17.0 Å². The number of nitriles is 1. The van der Waals surface area contributed by atoms with Crippen molar-refractivity contribution in [3.05, 3.63) is 52.1 Å². The van der Waals surface area contributed by atoms with Crippen molar-refractivity contribution in [1.82, 2.24) is 15.1 Å². The van der Waals surface area contributed by atoms with E-state index in [0.29, 0.717) is 24.2 Å². The van der Waals surface area contributed by atoms with Crippen molar-refractivity contribution in [2.75, 3.05) is 0 Å². The van der Waals surface area contributed by atoms with Crippen LogP contribution < -0.4 is 5.32 Å². The van der Waals surface area contributed by atoms with Crippen LogP contribution in [0.15, 0.2) is 18.2 Å². The second-order valence-corrected chi connectivity index (χ2v) is 4.79. The number of nitrogens with zero attached hydrogens (tertiary/aromatic N) is 3. The zero-order chi connectivity index (χ0) is 14.7. The molecule has 0 aliphatic rings. The van der Waals surface area contributed by atoms with Crippen molar-refractivity contribution < 1.29 is 4.39 Å². The largest absolute Gasteiger partial charge is 0.308 e. The molecule has 1 heterocycles. The molecule has 0 aliphatic heterocycles. The highest BCUT2D eigenvalue weighted by molar-refractivity contribution is 5.37. The number of hydrogen-bond acceptors (Lipinski definition) is 3. The minimum atomic E-state index is -0.325. The SMILES string of the molecule is Cc1nn(C)c(C)c1CNCc1cc(F)ccc1C#N. The van der Waals surface area contributed by atoms with Crippen molar-refractivity contribution in [1.29, 1.82) is 5.26 Å². The summed E-state index contributed by atoms with van der Waals surface area (Å²) < 4.78 is 15.1. The molecule has 2 rings (SSSR count). The van der Waals surface area contributed by atoms with E-state index in [4.69, 9.17) is 5.26 Å². The number of nitrogens with one attached hydrogen (secondary N) is 1. The Morgan fingerprint density at radius 2 is 2.10 bits per heavy atom. The summed E-state index contributed by atoms with van der Waals surface area (Å²) in [5.74, 6) is -0.325. The zero-order valence-corrected chi connectivity index (χ0v) is 11.9. The van der Waals surface area contributed by atoms with Gasteiger partial charge in [-0.2, -0.15) is 10.4 Å². The molecule has 0 radical (unpaired) electrons. The van der Waals surface area contributed by atoms with Gasteiger partial charge in [0.2, 0.25) is 0 Å². The Balaban J connectivity index is 2.07. The molecule has 1 N–H and O–H groups in total. The first-order valence-corrected chi connectivity index (χ1v) is 6.41. The average molecular weight is 272 g/mol. The van der Waals surface area contributed by atoms with Gasteiger partial charge in [0.15, 0.2) is 0 Å². The lowest BCUT2D eigenvalue weighted by atomic mass is 10.1. The minimum absolute atomic E-state index is 0.325. The van der Waals surface area contributed by atoms with Gasteiger partial charge >= 0.3 is 0 Å². The van der Waals surface area contributed by atoms with E-state index in [1.807, 2.05) is 25.6 Å². The molecule has 0 unspecified atom stereocenters. The van der Waals surface area contributed by atoms with Crippen LogP contribution in [0.2, 0.25) is 0 Å². The van der Waals surface area contributed by atoms with Crippen molar-refractivity contribution in [2.45, 2.75) is 26.9 Å². The summed E-state index contributed by atoms with van der Waals surface area (Å²) in [7, 11) is 1.91. The van der Waals surface area contributed by atoms with Gasteiger partial charge in [-0.3, -0.25) is 4.68 Å². The number of benzene rings is 1. The number of rotatable bonds is 4. The van der Waals surface area contributed by atoms with Crippen LogP contribution in [0, 0.1) is 31.0 Å². The topological polar surface area (TPSA) is 53.6 Å². The molecule has 0 bridgehead atoms. The average Bonchev–Trinajstić information content (AvgIpc) is 2.65. The van der Waals surface area contributed by atoms with E-state index in [1.165, 1.54) is 18.2 Å². The number of aromatic nitrogens is 2. The molecule has 0 fully saturated rings. The molecule has 0 atom stereocenters. The normalized spacial score (nSPS) is 10.6. The summed E-state index contributed by atoms with van der Waals surface area (Å²) in [6.45, 7) is 5.08. The van der Waals surface area contributed by atoms with Crippen molar-refractivity contribution in [2.24, 2.45) is 7.05 Å². The number of halogens is 1. The molecule has 1 aromatic heterocycles. The van der Waals surface area contributed by atoms with Crippen LogP contribution in [0.5, 0.6) is 0 Å². The zero-order valence-electron chi connectivity index (χ0n) is 11.9. The molecule has 0 saturated carbocycles. The Kier molecular flexibility index (Phi) is 4.16. The first kappa shape index (κ1) is 14.2. The predicted molar refractivity (Wildman–Crippen MR) is 74.3 cm³/mol. The highest BCUT2D eigenvalue weighted by Crippen LogP contribution is 2.13. The summed E-state index contributed by atoms with van der Waals surface area (Å²) in [5, 5.41) is 16.6.